The van der Waals surface area contributed by atoms with Crippen LogP contribution < -0.4 is 10.1 Å². The van der Waals surface area contributed by atoms with Crippen LogP contribution in [0.15, 0.2) is 24.3 Å². The second-order valence-corrected chi connectivity index (χ2v) is 7.14. The molecular weight excluding hydrogens is 314 g/mol. The number of nitrogens with zero attached hydrogens (tertiary/aromatic N) is 2. The van der Waals surface area contributed by atoms with E-state index < -0.39 is 0 Å². The Hall–Kier alpha value is -2.01. The third-order valence-corrected chi connectivity index (χ3v) is 5.41. The number of ether oxygens (including phenoxy) is 1. The molecule has 2 aliphatic heterocycles. The number of nitrogens with one attached hydrogen (secondary N) is 1. The fourth-order valence-corrected chi connectivity index (χ4v) is 4.00. The van der Waals surface area contributed by atoms with Gasteiger partial charge in [-0.2, -0.15) is 0 Å². The summed E-state index contributed by atoms with van der Waals surface area (Å²) in [6.45, 7) is 6.84. The number of para-hydroxylation sites is 1. The Balaban J connectivity index is 1.49. The molecule has 3 heterocycles. The van der Waals surface area contributed by atoms with E-state index in [1.165, 1.54) is 19.3 Å². The van der Waals surface area contributed by atoms with Crippen molar-refractivity contribution < 1.29 is 9.53 Å². The first-order chi connectivity index (χ1) is 12.3. The van der Waals surface area contributed by atoms with Gasteiger partial charge >= 0.3 is 0 Å². The molecule has 0 saturated carbocycles. The van der Waals surface area contributed by atoms with Crippen molar-refractivity contribution in [2.45, 2.75) is 45.3 Å². The fourth-order valence-electron chi connectivity index (χ4n) is 4.00. The van der Waals surface area contributed by atoms with Crippen molar-refractivity contribution in [2.24, 2.45) is 0 Å². The molecule has 2 aromatic rings. The molecule has 1 aromatic carbocycles. The van der Waals surface area contributed by atoms with E-state index in [4.69, 9.17) is 4.74 Å². The van der Waals surface area contributed by atoms with Gasteiger partial charge < -0.3 is 19.5 Å². The molecule has 0 aliphatic carbocycles. The molecule has 0 bridgehead atoms. The topological polar surface area (TPSA) is 46.5 Å². The number of aromatic nitrogens is 1. The van der Waals surface area contributed by atoms with E-state index >= 15 is 0 Å². The summed E-state index contributed by atoms with van der Waals surface area (Å²) in [6, 6.07) is 8.04. The number of rotatable bonds is 5. The van der Waals surface area contributed by atoms with Gasteiger partial charge in [-0.05, 0) is 44.5 Å². The Morgan fingerprint density at radius 3 is 2.92 bits per heavy atom. The lowest BCUT2D eigenvalue weighted by Crippen LogP contribution is -2.38. The molecule has 1 N–H and O–H groups in total. The molecule has 2 aliphatic rings. The summed E-state index contributed by atoms with van der Waals surface area (Å²) in [5.41, 5.74) is 1.80. The molecule has 1 amide bonds. The minimum absolute atomic E-state index is 0.0240. The van der Waals surface area contributed by atoms with E-state index in [0.29, 0.717) is 6.54 Å². The van der Waals surface area contributed by atoms with Crippen molar-refractivity contribution in [3.05, 3.63) is 30.0 Å². The van der Waals surface area contributed by atoms with Crippen LogP contribution in [0.1, 0.15) is 43.1 Å². The summed E-state index contributed by atoms with van der Waals surface area (Å²) in [4.78, 5) is 15.2. The Morgan fingerprint density at radius 2 is 2.12 bits per heavy atom. The lowest BCUT2D eigenvalue weighted by molar-refractivity contribution is 0.0931. The maximum Gasteiger partial charge on any atom is 0.267 e. The molecule has 134 valence electrons. The highest BCUT2D eigenvalue weighted by Crippen LogP contribution is 2.34. The smallest absolute Gasteiger partial charge is 0.267 e. The van der Waals surface area contributed by atoms with Gasteiger partial charge in [0.25, 0.3) is 5.91 Å². The first kappa shape index (κ1) is 16.5. The zero-order valence-electron chi connectivity index (χ0n) is 15.0. The molecule has 1 atom stereocenters. The number of benzene rings is 1. The van der Waals surface area contributed by atoms with Crippen molar-refractivity contribution in [1.82, 2.24) is 14.8 Å². The molecule has 1 aromatic heterocycles. The van der Waals surface area contributed by atoms with E-state index in [1.807, 2.05) is 18.2 Å². The van der Waals surface area contributed by atoms with Gasteiger partial charge in [0.15, 0.2) is 0 Å². The second-order valence-electron chi connectivity index (χ2n) is 7.14. The van der Waals surface area contributed by atoms with E-state index in [9.17, 15) is 4.79 Å². The predicted octanol–water partition coefficient (Wildman–Crippen LogP) is 3.03. The number of piperidine rings is 1. The zero-order chi connectivity index (χ0) is 17.2. The third-order valence-electron chi connectivity index (χ3n) is 5.41. The Morgan fingerprint density at radius 1 is 1.28 bits per heavy atom. The van der Waals surface area contributed by atoms with Crippen LogP contribution >= 0.6 is 0 Å². The van der Waals surface area contributed by atoms with Gasteiger partial charge in [-0.3, -0.25) is 4.79 Å². The first-order valence-corrected chi connectivity index (χ1v) is 9.55. The van der Waals surface area contributed by atoms with Crippen LogP contribution in [0.25, 0.3) is 10.9 Å². The Bertz CT molecular complexity index is 762. The van der Waals surface area contributed by atoms with Crippen LogP contribution in [0.5, 0.6) is 5.75 Å². The van der Waals surface area contributed by atoms with Crippen LogP contribution in [0.3, 0.4) is 0 Å². The summed E-state index contributed by atoms with van der Waals surface area (Å²) < 4.78 is 8.18. The van der Waals surface area contributed by atoms with Crippen LogP contribution in [0, 0.1) is 0 Å². The van der Waals surface area contributed by atoms with Crippen LogP contribution in [0.2, 0.25) is 0 Å². The largest absolute Gasteiger partial charge is 0.486 e. The van der Waals surface area contributed by atoms with Gasteiger partial charge in [0.2, 0.25) is 0 Å². The molecule has 1 fully saturated rings. The normalized spacial score (nSPS) is 20.4. The molecule has 0 radical (unpaired) electrons. The Kier molecular flexibility index (Phi) is 4.66. The highest BCUT2D eigenvalue weighted by Gasteiger charge is 2.25. The lowest BCUT2D eigenvalue weighted by Gasteiger charge is -2.27. The van der Waals surface area contributed by atoms with E-state index in [2.05, 4.69) is 27.8 Å². The molecule has 4 rings (SSSR count). The molecule has 5 heteroatoms. The van der Waals surface area contributed by atoms with Gasteiger partial charge in [0.1, 0.15) is 17.5 Å². The van der Waals surface area contributed by atoms with Crippen molar-refractivity contribution in [3.63, 3.8) is 0 Å². The van der Waals surface area contributed by atoms with E-state index in [0.717, 1.165) is 54.9 Å². The van der Waals surface area contributed by atoms with Crippen molar-refractivity contribution >= 4 is 16.8 Å². The van der Waals surface area contributed by atoms with Crippen LogP contribution in [0.4, 0.5) is 0 Å². The number of likely N-dealkylation sites (tertiary alicyclic amines) is 1. The van der Waals surface area contributed by atoms with Gasteiger partial charge in [0.05, 0.1) is 12.1 Å². The molecule has 25 heavy (non-hydrogen) atoms. The second kappa shape index (κ2) is 7.08. The van der Waals surface area contributed by atoms with Crippen LogP contribution in [-0.2, 0) is 6.54 Å². The average Bonchev–Trinajstić information content (AvgIpc) is 3.03. The summed E-state index contributed by atoms with van der Waals surface area (Å²) >= 11 is 0. The van der Waals surface area contributed by atoms with Gasteiger partial charge in [-0.1, -0.05) is 25.5 Å². The summed E-state index contributed by atoms with van der Waals surface area (Å²) in [6.07, 6.45) is 4.97. The number of hydrogen-bond acceptors (Lipinski definition) is 3. The van der Waals surface area contributed by atoms with Crippen molar-refractivity contribution in [3.8, 4) is 5.75 Å². The summed E-state index contributed by atoms with van der Waals surface area (Å²) in [5.74, 6) is 0.916. The van der Waals surface area contributed by atoms with Crippen LogP contribution in [-0.4, -0.2) is 47.7 Å². The van der Waals surface area contributed by atoms with Gasteiger partial charge in [-0.25, -0.2) is 0 Å². The third kappa shape index (κ3) is 3.25. The lowest BCUT2D eigenvalue weighted by atomic mass is 10.1. The first-order valence-electron chi connectivity index (χ1n) is 9.55. The summed E-state index contributed by atoms with van der Waals surface area (Å²) in [5, 5.41) is 4.19. The quantitative estimate of drug-likeness (QED) is 0.909. The Labute approximate surface area is 148 Å². The molecule has 1 unspecified atom stereocenters. The fraction of sp³-hybridized carbons (Fsp3) is 0.550. The molecular formula is C20H27N3O2. The van der Waals surface area contributed by atoms with Crippen molar-refractivity contribution in [1.29, 1.82) is 0 Å². The average molecular weight is 341 g/mol. The van der Waals surface area contributed by atoms with Gasteiger partial charge in [-0.15, -0.1) is 0 Å². The van der Waals surface area contributed by atoms with E-state index in [1.54, 1.807) is 0 Å². The maximum absolute atomic E-state index is 12.8. The highest BCUT2D eigenvalue weighted by molar-refractivity contribution is 6.00. The minimum Gasteiger partial charge on any atom is -0.486 e. The number of carbonyl (C=O) groups is 1. The van der Waals surface area contributed by atoms with E-state index in [-0.39, 0.29) is 12.0 Å². The molecule has 5 nitrogen and oxygen atoms in total. The maximum atomic E-state index is 12.8. The number of hydrogen-bond donors (Lipinski definition) is 1. The summed E-state index contributed by atoms with van der Waals surface area (Å²) in [7, 11) is 0. The van der Waals surface area contributed by atoms with Gasteiger partial charge in [0, 0.05) is 18.5 Å². The zero-order valence-corrected chi connectivity index (χ0v) is 15.0. The molecule has 1 saturated heterocycles. The highest BCUT2D eigenvalue weighted by atomic mass is 16.5. The van der Waals surface area contributed by atoms with Crippen molar-refractivity contribution in [2.75, 3.05) is 26.2 Å². The standard InChI is InChI=1S/C20H27N3O2/c1-2-16-14-23-17(13-15-7-6-8-18(25-16)19(15)23)20(24)21-9-12-22-10-4-3-5-11-22/h6-8,13,16H,2-5,9-12,14H2,1H3,(H,21,24). The monoisotopic (exact) mass is 341 g/mol. The minimum atomic E-state index is 0.0240. The molecule has 0 spiro atoms. The SMILES string of the molecule is CCC1Cn2c(C(=O)NCCN3CCCCC3)cc3cccc(c32)O1. The predicted molar refractivity (Wildman–Crippen MR) is 99.3 cm³/mol. The number of carbonyl (C=O) groups excluding carboxylic acids is 1. The number of amides is 1.